The molecule has 146 valence electrons. The van der Waals surface area contributed by atoms with E-state index in [4.69, 9.17) is 5.11 Å². The summed E-state index contributed by atoms with van der Waals surface area (Å²) in [4.78, 5) is 35.2. The van der Waals surface area contributed by atoms with Crippen molar-refractivity contribution in [2.24, 2.45) is 0 Å². The molecule has 2 heterocycles. The number of aryl methyl sites for hydroxylation is 1. The third-order valence-corrected chi connectivity index (χ3v) is 4.77. The van der Waals surface area contributed by atoms with Gasteiger partial charge in [0.15, 0.2) is 0 Å². The van der Waals surface area contributed by atoms with Crippen LogP contribution in [0.1, 0.15) is 29.9 Å². The Morgan fingerprint density at radius 3 is 2.75 bits per heavy atom. The summed E-state index contributed by atoms with van der Waals surface area (Å²) < 4.78 is 0.977. The van der Waals surface area contributed by atoms with Crippen LogP contribution in [0.15, 0.2) is 35.1 Å². The summed E-state index contributed by atoms with van der Waals surface area (Å²) in [6.45, 7) is 5.45. The third kappa shape index (κ3) is 4.30. The molecule has 0 unspecified atom stereocenters. The fraction of sp³-hybridized carbons (Fsp3) is 0.263. The molecule has 4 N–H and O–H groups in total. The topological polar surface area (TPSA) is 120 Å². The van der Waals surface area contributed by atoms with Gasteiger partial charge in [-0.15, -0.1) is 0 Å². The number of rotatable bonds is 5. The zero-order chi connectivity index (χ0) is 20.5. The molecule has 0 bridgehead atoms. The molecule has 8 nitrogen and oxygen atoms in total. The average Bonchev–Trinajstić information content (AvgIpc) is 2.95. The van der Waals surface area contributed by atoms with Crippen molar-refractivity contribution in [2.75, 3.05) is 6.54 Å². The molecule has 0 spiro atoms. The fourth-order valence-corrected chi connectivity index (χ4v) is 3.24. The van der Waals surface area contributed by atoms with E-state index in [9.17, 15) is 9.59 Å². The van der Waals surface area contributed by atoms with Crippen LogP contribution in [0, 0.1) is 6.92 Å². The highest BCUT2D eigenvalue weighted by atomic mass is 79.9. The standard InChI is InChI=1S/C19H20BrN5O3/c1-10-12-6-11(20)4-5-13(12)24-16(10)14-7-21-8-15(23-14)17(26)22-9-19(2,3)25-18(27)28/h4-8,24-25H,9H2,1-3H3,(H,22,26)(H,27,28). The van der Waals surface area contributed by atoms with Gasteiger partial charge in [-0.3, -0.25) is 9.78 Å². The highest BCUT2D eigenvalue weighted by Crippen LogP contribution is 2.30. The van der Waals surface area contributed by atoms with Crippen molar-refractivity contribution in [3.8, 4) is 11.4 Å². The van der Waals surface area contributed by atoms with Crippen molar-refractivity contribution >= 4 is 38.8 Å². The van der Waals surface area contributed by atoms with Gasteiger partial charge in [0.2, 0.25) is 0 Å². The number of aromatic nitrogens is 3. The number of amides is 2. The van der Waals surface area contributed by atoms with Crippen LogP contribution in [0.3, 0.4) is 0 Å². The van der Waals surface area contributed by atoms with E-state index < -0.39 is 17.5 Å². The lowest BCUT2D eigenvalue weighted by Gasteiger charge is -2.24. The molecule has 0 fully saturated rings. The minimum absolute atomic E-state index is 0.115. The number of benzene rings is 1. The highest BCUT2D eigenvalue weighted by Gasteiger charge is 2.22. The Bertz CT molecular complexity index is 1060. The van der Waals surface area contributed by atoms with Crippen molar-refractivity contribution in [1.82, 2.24) is 25.6 Å². The van der Waals surface area contributed by atoms with Gasteiger partial charge < -0.3 is 20.7 Å². The van der Waals surface area contributed by atoms with Gasteiger partial charge in [0.1, 0.15) is 11.4 Å². The molecule has 1 aromatic carbocycles. The van der Waals surface area contributed by atoms with Crippen molar-refractivity contribution in [2.45, 2.75) is 26.3 Å². The van der Waals surface area contributed by atoms with E-state index in [1.165, 1.54) is 6.20 Å². The minimum Gasteiger partial charge on any atom is -0.465 e. The normalized spacial score (nSPS) is 11.4. The smallest absolute Gasteiger partial charge is 0.405 e. The highest BCUT2D eigenvalue weighted by molar-refractivity contribution is 9.10. The van der Waals surface area contributed by atoms with Crippen LogP contribution in [0.5, 0.6) is 0 Å². The van der Waals surface area contributed by atoms with E-state index in [0.29, 0.717) is 5.69 Å². The van der Waals surface area contributed by atoms with E-state index >= 15 is 0 Å². The monoisotopic (exact) mass is 445 g/mol. The maximum atomic E-state index is 12.5. The summed E-state index contributed by atoms with van der Waals surface area (Å²) in [5, 5.41) is 14.9. The Labute approximate surface area is 169 Å². The zero-order valence-corrected chi connectivity index (χ0v) is 17.2. The summed E-state index contributed by atoms with van der Waals surface area (Å²) in [7, 11) is 0. The number of hydrogen-bond donors (Lipinski definition) is 4. The van der Waals surface area contributed by atoms with Crippen LogP contribution in [-0.4, -0.2) is 44.1 Å². The second kappa shape index (κ2) is 7.59. The number of fused-ring (bicyclic) bond motifs is 1. The van der Waals surface area contributed by atoms with Gasteiger partial charge >= 0.3 is 6.09 Å². The number of nitrogens with zero attached hydrogens (tertiary/aromatic N) is 2. The largest absolute Gasteiger partial charge is 0.465 e. The number of nitrogens with one attached hydrogen (secondary N) is 3. The lowest BCUT2D eigenvalue weighted by molar-refractivity contribution is 0.0935. The Hall–Kier alpha value is -2.94. The Kier molecular flexibility index (Phi) is 5.37. The van der Waals surface area contributed by atoms with Crippen LogP contribution < -0.4 is 10.6 Å². The van der Waals surface area contributed by atoms with Crippen molar-refractivity contribution in [1.29, 1.82) is 0 Å². The van der Waals surface area contributed by atoms with Crippen LogP contribution in [0.2, 0.25) is 0 Å². The first-order valence-corrected chi connectivity index (χ1v) is 9.35. The SMILES string of the molecule is Cc1c(-c2cncc(C(=O)NCC(C)(C)NC(=O)O)n2)[nH]c2ccc(Br)cc12. The van der Waals surface area contributed by atoms with E-state index in [-0.39, 0.29) is 12.2 Å². The van der Waals surface area contributed by atoms with Crippen LogP contribution in [-0.2, 0) is 0 Å². The molecule has 0 atom stereocenters. The Balaban J connectivity index is 1.84. The molecule has 9 heteroatoms. The molecule has 0 aliphatic rings. The van der Waals surface area contributed by atoms with Crippen LogP contribution >= 0.6 is 15.9 Å². The van der Waals surface area contributed by atoms with E-state index in [2.05, 4.69) is 41.5 Å². The molecule has 0 aliphatic carbocycles. The summed E-state index contributed by atoms with van der Waals surface area (Å²) in [5.74, 6) is -0.425. The molecule has 2 aromatic heterocycles. The van der Waals surface area contributed by atoms with Gasteiger partial charge in [0.05, 0.1) is 23.6 Å². The van der Waals surface area contributed by atoms with Crippen molar-refractivity contribution in [3.63, 3.8) is 0 Å². The van der Waals surface area contributed by atoms with Gasteiger partial charge in [0.25, 0.3) is 5.91 Å². The second-order valence-electron chi connectivity index (χ2n) is 7.10. The molecule has 3 rings (SSSR count). The molecule has 3 aromatic rings. The Morgan fingerprint density at radius 1 is 1.29 bits per heavy atom. The first kappa shape index (κ1) is 19.8. The average molecular weight is 446 g/mol. The maximum absolute atomic E-state index is 12.5. The predicted molar refractivity (Wildman–Crippen MR) is 109 cm³/mol. The number of H-pyrrole nitrogens is 1. The molecular formula is C19H20BrN5O3. The second-order valence-corrected chi connectivity index (χ2v) is 8.02. The van der Waals surface area contributed by atoms with Crippen LogP contribution in [0.4, 0.5) is 4.79 Å². The Morgan fingerprint density at radius 2 is 2.04 bits per heavy atom. The quantitative estimate of drug-likeness (QED) is 0.479. The lowest BCUT2D eigenvalue weighted by Crippen LogP contribution is -2.51. The molecule has 0 radical (unpaired) electrons. The van der Waals surface area contributed by atoms with E-state index in [1.54, 1.807) is 20.0 Å². The predicted octanol–water partition coefficient (Wildman–Crippen LogP) is 3.47. The molecule has 0 saturated heterocycles. The summed E-state index contributed by atoms with van der Waals surface area (Å²) in [6, 6.07) is 5.94. The van der Waals surface area contributed by atoms with Gasteiger partial charge in [-0.05, 0) is 44.5 Å². The number of carbonyl (C=O) groups is 2. The number of carboxylic acid groups (broad SMARTS) is 1. The van der Waals surface area contributed by atoms with Gasteiger partial charge in [-0.1, -0.05) is 15.9 Å². The van der Waals surface area contributed by atoms with E-state index in [0.717, 1.165) is 26.6 Å². The molecular weight excluding hydrogens is 426 g/mol. The number of halogens is 1. The third-order valence-electron chi connectivity index (χ3n) is 4.28. The fourth-order valence-electron chi connectivity index (χ4n) is 2.88. The summed E-state index contributed by atoms with van der Waals surface area (Å²) in [6.07, 6.45) is 1.83. The maximum Gasteiger partial charge on any atom is 0.405 e. The molecule has 2 amide bonds. The molecule has 0 saturated carbocycles. The molecule has 28 heavy (non-hydrogen) atoms. The number of aromatic amines is 1. The number of hydrogen-bond acceptors (Lipinski definition) is 4. The van der Waals surface area contributed by atoms with Crippen molar-refractivity contribution < 1.29 is 14.7 Å². The molecule has 0 aliphatic heterocycles. The van der Waals surface area contributed by atoms with Crippen LogP contribution in [0.25, 0.3) is 22.3 Å². The van der Waals surface area contributed by atoms with Gasteiger partial charge in [-0.2, -0.15) is 0 Å². The zero-order valence-electron chi connectivity index (χ0n) is 15.6. The first-order chi connectivity index (χ1) is 13.2. The first-order valence-electron chi connectivity index (χ1n) is 8.56. The summed E-state index contributed by atoms with van der Waals surface area (Å²) >= 11 is 3.47. The summed E-state index contributed by atoms with van der Waals surface area (Å²) in [5.41, 5.74) is 2.67. The minimum atomic E-state index is -1.15. The lowest BCUT2D eigenvalue weighted by atomic mass is 10.1. The van der Waals surface area contributed by atoms with Gasteiger partial charge in [-0.25, -0.2) is 9.78 Å². The number of carbonyl (C=O) groups excluding carboxylic acids is 1. The van der Waals surface area contributed by atoms with Crippen molar-refractivity contribution in [3.05, 3.63) is 46.3 Å². The van der Waals surface area contributed by atoms with Gasteiger partial charge in [0, 0.05) is 21.9 Å². The van der Waals surface area contributed by atoms with E-state index in [1.807, 2.05) is 25.1 Å².